The number of nitrogens with zero attached hydrogens (tertiary/aromatic N) is 3. The molecule has 1 aliphatic rings. The molecule has 0 aliphatic heterocycles. The van der Waals surface area contributed by atoms with Crippen LogP contribution in [0.4, 0.5) is 5.69 Å². The molecule has 1 saturated carbocycles. The summed E-state index contributed by atoms with van der Waals surface area (Å²) in [6.45, 7) is 1.93. The van der Waals surface area contributed by atoms with Crippen molar-refractivity contribution < 1.29 is 4.79 Å². The Labute approximate surface area is 157 Å². The molecule has 6 heteroatoms. The number of thioether (sulfide) groups is 1. The van der Waals surface area contributed by atoms with E-state index in [-0.39, 0.29) is 5.91 Å². The van der Waals surface area contributed by atoms with E-state index in [1.165, 1.54) is 25.7 Å². The van der Waals surface area contributed by atoms with Crippen LogP contribution in [0.5, 0.6) is 0 Å². The van der Waals surface area contributed by atoms with Crippen LogP contribution in [0, 0.1) is 6.92 Å². The third-order valence-corrected chi connectivity index (χ3v) is 6.27. The maximum Gasteiger partial charge on any atom is 0.257 e. The van der Waals surface area contributed by atoms with Crippen LogP contribution in [0.25, 0.3) is 11.0 Å². The van der Waals surface area contributed by atoms with Crippen LogP contribution in [-0.4, -0.2) is 25.9 Å². The fourth-order valence-electron chi connectivity index (χ4n) is 3.48. The van der Waals surface area contributed by atoms with E-state index in [4.69, 9.17) is 0 Å². The van der Waals surface area contributed by atoms with Gasteiger partial charge in [-0.3, -0.25) is 9.48 Å². The number of para-hydroxylation sites is 1. The number of carbonyl (C=O) groups is 1. The van der Waals surface area contributed by atoms with E-state index in [9.17, 15) is 4.79 Å². The highest BCUT2D eigenvalue weighted by Crippen LogP contribution is 2.38. The molecule has 1 amide bonds. The minimum Gasteiger partial charge on any atom is -0.321 e. The van der Waals surface area contributed by atoms with Crippen molar-refractivity contribution in [3.05, 3.63) is 47.8 Å². The van der Waals surface area contributed by atoms with E-state index in [0.717, 1.165) is 27.3 Å². The topological polar surface area (TPSA) is 59.8 Å². The summed E-state index contributed by atoms with van der Waals surface area (Å²) in [5, 5.41) is 9.00. The molecule has 2 aromatic heterocycles. The Kier molecular flexibility index (Phi) is 4.68. The van der Waals surface area contributed by atoms with Crippen LogP contribution in [0.3, 0.4) is 0 Å². The maximum atomic E-state index is 12.8. The lowest BCUT2D eigenvalue weighted by Crippen LogP contribution is -2.13. The first-order valence-corrected chi connectivity index (χ1v) is 9.86. The zero-order valence-corrected chi connectivity index (χ0v) is 15.8. The van der Waals surface area contributed by atoms with Crippen LogP contribution >= 0.6 is 11.8 Å². The normalized spacial score (nSPS) is 14.8. The van der Waals surface area contributed by atoms with Gasteiger partial charge in [0.15, 0.2) is 5.65 Å². The largest absolute Gasteiger partial charge is 0.321 e. The predicted octanol–water partition coefficient (Wildman–Crippen LogP) is 4.56. The smallest absolute Gasteiger partial charge is 0.257 e. The monoisotopic (exact) mass is 366 g/mol. The number of fused-ring (bicyclic) bond motifs is 1. The van der Waals surface area contributed by atoms with Gasteiger partial charge in [0, 0.05) is 28.8 Å². The summed E-state index contributed by atoms with van der Waals surface area (Å²) in [6, 6.07) is 9.91. The summed E-state index contributed by atoms with van der Waals surface area (Å²) < 4.78 is 1.74. The van der Waals surface area contributed by atoms with Gasteiger partial charge in [0.25, 0.3) is 5.91 Å². The third-order valence-electron chi connectivity index (χ3n) is 4.86. The summed E-state index contributed by atoms with van der Waals surface area (Å²) in [6.07, 6.45) is 6.75. The SMILES string of the molecule is Cc1nn(C)c2ncc(C(=O)Nc3ccccc3SC3CCCC3)cc12. The van der Waals surface area contributed by atoms with Gasteiger partial charge in [-0.2, -0.15) is 5.10 Å². The first-order valence-electron chi connectivity index (χ1n) is 8.98. The second kappa shape index (κ2) is 7.11. The maximum absolute atomic E-state index is 12.8. The Morgan fingerprint density at radius 1 is 1.27 bits per heavy atom. The number of nitrogens with one attached hydrogen (secondary N) is 1. The molecule has 1 N–H and O–H groups in total. The van der Waals surface area contributed by atoms with Gasteiger partial charge in [-0.15, -0.1) is 11.8 Å². The van der Waals surface area contributed by atoms with Crippen molar-refractivity contribution in [2.75, 3.05) is 5.32 Å². The lowest BCUT2D eigenvalue weighted by molar-refractivity contribution is 0.102. The van der Waals surface area contributed by atoms with Crippen molar-refractivity contribution in [2.45, 2.75) is 42.8 Å². The molecule has 0 spiro atoms. The van der Waals surface area contributed by atoms with Gasteiger partial charge in [0.05, 0.1) is 16.9 Å². The standard InChI is InChI=1S/C20H22N4OS/c1-13-16-11-14(12-21-19(16)24(2)23-13)20(25)22-17-9-5-6-10-18(17)26-15-7-3-4-8-15/h5-6,9-12,15H,3-4,7-8H2,1-2H3,(H,22,25). The molecule has 1 aliphatic carbocycles. The van der Waals surface area contributed by atoms with Crippen LogP contribution in [0.1, 0.15) is 41.7 Å². The number of aryl methyl sites for hydroxylation is 2. The van der Waals surface area contributed by atoms with Crippen molar-refractivity contribution >= 4 is 34.4 Å². The van der Waals surface area contributed by atoms with Crippen molar-refractivity contribution in [1.82, 2.24) is 14.8 Å². The van der Waals surface area contributed by atoms with E-state index in [1.807, 2.05) is 50.0 Å². The first kappa shape index (κ1) is 17.1. The van der Waals surface area contributed by atoms with Gasteiger partial charge in [-0.25, -0.2) is 4.98 Å². The number of hydrogen-bond donors (Lipinski definition) is 1. The van der Waals surface area contributed by atoms with Crippen LogP contribution in [0.2, 0.25) is 0 Å². The number of anilines is 1. The number of aromatic nitrogens is 3. The highest BCUT2D eigenvalue weighted by Gasteiger charge is 2.19. The molecular formula is C20H22N4OS. The van der Waals surface area contributed by atoms with Gasteiger partial charge in [0.1, 0.15) is 0 Å². The fraction of sp³-hybridized carbons (Fsp3) is 0.350. The highest BCUT2D eigenvalue weighted by molar-refractivity contribution is 8.00. The molecule has 5 nitrogen and oxygen atoms in total. The summed E-state index contributed by atoms with van der Waals surface area (Å²) in [7, 11) is 1.86. The average molecular weight is 366 g/mol. The third kappa shape index (κ3) is 3.33. The second-order valence-electron chi connectivity index (χ2n) is 6.78. The molecule has 2 heterocycles. The summed E-state index contributed by atoms with van der Waals surface area (Å²) >= 11 is 1.88. The Hall–Kier alpha value is -2.34. The Bertz CT molecular complexity index is 960. The van der Waals surface area contributed by atoms with E-state index in [1.54, 1.807) is 10.9 Å². The van der Waals surface area contributed by atoms with Crippen molar-refractivity contribution in [3.8, 4) is 0 Å². The lowest BCUT2D eigenvalue weighted by atomic mass is 10.2. The molecule has 134 valence electrons. The van der Waals surface area contributed by atoms with E-state index in [2.05, 4.69) is 21.5 Å². The fourth-order valence-corrected chi connectivity index (χ4v) is 4.82. The van der Waals surface area contributed by atoms with Gasteiger partial charge < -0.3 is 5.32 Å². The van der Waals surface area contributed by atoms with Gasteiger partial charge in [-0.05, 0) is 38.0 Å². The molecule has 1 aromatic carbocycles. The van der Waals surface area contributed by atoms with Crippen LogP contribution in [0.15, 0.2) is 41.4 Å². The van der Waals surface area contributed by atoms with Gasteiger partial charge in [-0.1, -0.05) is 25.0 Å². The highest BCUT2D eigenvalue weighted by atomic mass is 32.2. The number of amides is 1. The number of hydrogen-bond acceptors (Lipinski definition) is 4. The number of rotatable bonds is 4. The van der Waals surface area contributed by atoms with E-state index < -0.39 is 0 Å². The molecule has 3 aromatic rings. The zero-order valence-electron chi connectivity index (χ0n) is 15.0. The molecule has 1 fully saturated rings. The molecular weight excluding hydrogens is 344 g/mol. The number of carbonyl (C=O) groups excluding carboxylic acids is 1. The molecule has 4 rings (SSSR count). The summed E-state index contributed by atoms with van der Waals surface area (Å²) in [4.78, 5) is 18.3. The minimum atomic E-state index is -0.137. The van der Waals surface area contributed by atoms with Gasteiger partial charge >= 0.3 is 0 Å². The van der Waals surface area contributed by atoms with Crippen LogP contribution in [-0.2, 0) is 7.05 Å². The lowest BCUT2D eigenvalue weighted by Gasteiger charge is -2.14. The molecule has 26 heavy (non-hydrogen) atoms. The van der Waals surface area contributed by atoms with Crippen molar-refractivity contribution in [3.63, 3.8) is 0 Å². The quantitative estimate of drug-likeness (QED) is 0.735. The van der Waals surface area contributed by atoms with Crippen LogP contribution < -0.4 is 5.32 Å². The molecule has 0 radical (unpaired) electrons. The molecule has 0 saturated heterocycles. The minimum absolute atomic E-state index is 0.137. The second-order valence-corrected chi connectivity index (χ2v) is 8.12. The van der Waals surface area contributed by atoms with Crippen molar-refractivity contribution in [2.24, 2.45) is 7.05 Å². The molecule has 0 unspecified atom stereocenters. The van der Waals surface area contributed by atoms with E-state index in [0.29, 0.717) is 10.8 Å². The summed E-state index contributed by atoms with van der Waals surface area (Å²) in [5.41, 5.74) is 3.09. The predicted molar refractivity (Wildman–Crippen MR) is 106 cm³/mol. The first-order chi connectivity index (χ1) is 12.6. The summed E-state index contributed by atoms with van der Waals surface area (Å²) in [5.74, 6) is -0.137. The Balaban J connectivity index is 1.57. The Morgan fingerprint density at radius 3 is 2.85 bits per heavy atom. The van der Waals surface area contributed by atoms with E-state index >= 15 is 0 Å². The van der Waals surface area contributed by atoms with Crippen molar-refractivity contribution in [1.29, 1.82) is 0 Å². The zero-order chi connectivity index (χ0) is 18.1. The average Bonchev–Trinajstić information content (AvgIpc) is 3.25. The Morgan fingerprint density at radius 2 is 2.04 bits per heavy atom. The molecule has 0 bridgehead atoms. The number of benzene rings is 1. The van der Waals surface area contributed by atoms with Gasteiger partial charge in [0.2, 0.25) is 0 Å². The number of pyridine rings is 1. The molecule has 0 atom stereocenters.